The molecule has 0 radical (unpaired) electrons. The van der Waals surface area contributed by atoms with Crippen LogP contribution < -0.4 is 0 Å². The van der Waals surface area contributed by atoms with Crippen LogP contribution >= 0.6 is 11.3 Å². The van der Waals surface area contributed by atoms with Crippen molar-refractivity contribution in [1.82, 2.24) is 14.5 Å². The fourth-order valence-corrected chi connectivity index (χ4v) is 9.26. The zero-order valence-corrected chi connectivity index (χ0v) is 31.1. The van der Waals surface area contributed by atoms with Crippen LogP contribution in [0.4, 0.5) is 0 Å². The van der Waals surface area contributed by atoms with Gasteiger partial charge in [-0.3, -0.25) is 4.57 Å². The Balaban J connectivity index is 1.13. The smallest absolute Gasteiger partial charge is 0.235 e. The van der Waals surface area contributed by atoms with Crippen LogP contribution in [0.25, 0.3) is 104 Å². The van der Waals surface area contributed by atoms with Gasteiger partial charge in [0, 0.05) is 47.6 Å². The van der Waals surface area contributed by atoms with Crippen LogP contribution in [0.2, 0.25) is 0 Å². The van der Waals surface area contributed by atoms with Crippen molar-refractivity contribution < 1.29 is 0 Å². The van der Waals surface area contributed by atoms with Crippen LogP contribution in [0.3, 0.4) is 0 Å². The molecule has 0 N–H and O–H groups in total. The van der Waals surface area contributed by atoms with E-state index in [0.717, 1.165) is 39.1 Å². The number of nitrogens with zero attached hydrogens (tertiary/aromatic N) is 3. The second-order valence-corrected chi connectivity index (χ2v) is 15.3. The van der Waals surface area contributed by atoms with Crippen LogP contribution in [0.15, 0.2) is 200 Å². The number of rotatable bonds is 6. The zero-order chi connectivity index (χ0) is 37.0. The quantitative estimate of drug-likeness (QED) is 0.170. The first-order valence-electron chi connectivity index (χ1n) is 18.9. The standard InChI is InChI=1S/C52H33N3S/c1-3-12-34(13-4-1)36-22-26-38(27-23-36)46-33-47(39-28-24-37(25-29-39)35-14-5-2-6-15-35)54-52(53-46)55-48-20-9-7-16-42(48)45-19-11-18-41(51(45)55)40-30-31-44-43-17-8-10-21-49(43)56-50(44)32-40/h1-33H. The van der Waals surface area contributed by atoms with Gasteiger partial charge in [0.2, 0.25) is 5.95 Å². The molecule has 0 fully saturated rings. The van der Waals surface area contributed by atoms with E-state index >= 15 is 0 Å². The van der Waals surface area contributed by atoms with E-state index in [9.17, 15) is 0 Å². The Bertz CT molecular complexity index is 3110. The summed E-state index contributed by atoms with van der Waals surface area (Å²) >= 11 is 1.85. The predicted molar refractivity (Wildman–Crippen MR) is 236 cm³/mol. The lowest BCUT2D eigenvalue weighted by molar-refractivity contribution is 0.996. The van der Waals surface area contributed by atoms with Gasteiger partial charge < -0.3 is 0 Å². The zero-order valence-electron chi connectivity index (χ0n) is 30.3. The summed E-state index contributed by atoms with van der Waals surface area (Å²) in [5, 5.41) is 4.93. The minimum Gasteiger partial charge on any atom is -0.277 e. The summed E-state index contributed by atoms with van der Waals surface area (Å²) in [6.45, 7) is 0. The molecule has 11 aromatic rings. The van der Waals surface area contributed by atoms with E-state index in [1.165, 1.54) is 58.8 Å². The molecule has 0 aliphatic carbocycles. The average molecular weight is 732 g/mol. The molecule has 3 heterocycles. The first kappa shape index (κ1) is 32.3. The van der Waals surface area contributed by atoms with Crippen molar-refractivity contribution in [3.8, 4) is 61.8 Å². The van der Waals surface area contributed by atoms with E-state index in [-0.39, 0.29) is 0 Å². The molecule has 0 atom stereocenters. The average Bonchev–Trinajstić information content (AvgIpc) is 3.82. The number of aromatic nitrogens is 3. The van der Waals surface area contributed by atoms with Crippen LogP contribution in [-0.4, -0.2) is 14.5 Å². The van der Waals surface area contributed by atoms with E-state index in [1.807, 2.05) is 11.3 Å². The van der Waals surface area contributed by atoms with Gasteiger partial charge in [0.05, 0.1) is 22.4 Å². The van der Waals surface area contributed by atoms with E-state index in [0.29, 0.717) is 5.95 Å². The highest BCUT2D eigenvalue weighted by Gasteiger charge is 2.20. The fraction of sp³-hybridized carbons (Fsp3) is 0. The summed E-state index contributed by atoms with van der Waals surface area (Å²) in [4.78, 5) is 10.8. The SMILES string of the molecule is c1ccc(-c2ccc(-c3cc(-c4ccc(-c5ccccc5)cc4)nc(-n4c5ccccc5c5cccc(-c6ccc7c(c6)sc6ccccc67)c54)n3)cc2)cc1. The molecule has 0 aliphatic heterocycles. The normalized spacial score (nSPS) is 11.6. The van der Waals surface area contributed by atoms with E-state index < -0.39 is 0 Å². The highest BCUT2D eigenvalue weighted by atomic mass is 32.1. The van der Waals surface area contributed by atoms with Gasteiger partial charge in [0.1, 0.15) is 0 Å². The number of hydrogen-bond donors (Lipinski definition) is 0. The van der Waals surface area contributed by atoms with Gasteiger partial charge in [-0.05, 0) is 52.1 Å². The molecule has 0 amide bonds. The Hall–Kier alpha value is -7.14. The third-order valence-corrected chi connectivity index (χ3v) is 12.0. The van der Waals surface area contributed by atoms with Crippen molar-refractivity contribution in [3.05, 3.63) is 200 Å². The fourth-order valence-electron chi connectivity index (χ4n) is 8.11. The van der Waals surface area contributed by atoms with Gasteiger partial charge >= 0.3 is 0 Å². The minimum atomic E-state index is 0.637. The molecule has 0 bridgehead atoms. The molecule has 3 aromatic heterocycles. The number of thiophene rings is 1. The Morgan fingerprint density at radius 2 is 0.839 bits per heavy atom. The second kappa shape index (κ2) is 13.3. The third-order valence-electron chi connectivity index (χ3n) is 10.9. The molecular weight excluding hydrogens is 699 g/mol. The molecule has 0 saturated carbocycles. The molecule has 8 aromatic carbocycles. The number of benzene rings is 8. The van der Waals surface area contributed by atoms with Crippen molar-refractivity contribution in [2.45, 2.75) is 0 Å². The summed E-state index contributed by atoms with van der Waals surface area (Å²) in [6, 6.07) is 71.4. The van der Waals surface area contributed by atoms with Crippen molar-refractivity contribution in [1.29, 1.82) is 0 Å². The maximum Gasteiger partial charge on any atom is 0.235 e. The van der Waals surface area contributed by atoms with Gasteiger partial charge in [-0.2, -0.15) is 0 Å². The van der Waals surface area contributed by atoms with Crippen molar-refractivity contribution in [2.24, 2.45) is 0 Å². The summed E-state index contributed by atoms with van der Waals surface area (Å²) in [6.07, 6.45) is 0. The second-order valence-electron chi connectivity index (χ2n) is 14.2. The third kappa shape index (κ3) is 5.50. The molecule has 0 saturated heterocycles. The molecule has 0 aliphatic rings. The molecule has 0 spiro atoms. The highest BCUT2D eigenvalue weighted by molar-refractivity contribution is 7.25. The van der Waals surface area contributed by atoms with Gasteiger partial charge in [-0.25, -0.2) is 9.97 Å². The van der Waals surface area contributed by atoms with Gasteiger partial charge in [0.25, 0.3) is 0 Å². The molecule has 11 rings (SSSR count). The first-order chi connectivity index (χ1) is 27.7. The predicted octanol–water partition coefficient (Wildman–Crippen LogP) is 14.3. The molecule has 3 nitrogen and oxygen atoms in total. The molecule has 0 unspecified atom stereocenters. The number of fused-ring (bicyclic) bond motifs is 6. The molecule has 56 heavy (non-hydrogen) atoms. The largest absolute Gasteiger partial charge is 0.277 e. The summed E-state index contributed by atoms with van der Waals surface area (Å²) in [5.41, 5.74) is 13.0. The Morgan fingerprint density at radius 3 is 1.50 bits per heavy atom. The topological polar surface area (TPSA) is 30.7 Å². The van der Waals surface area contributed by atoms with Crippen molar-refractivity contribution in [2.75, 3.05) is 0 Å². The molecule has 262 valence electrons. The summed E-state index contributed by atoms with van der Waals surface area (Å²) in [7, 11) is 0. The van der Waals surface area contributed by atoms with Crippen LogP contribution in [0, 0.1) is 0 Å². The van der Waals surface area contributed by atoms with Gasteiger partial charge in [-0.15, -0.1) is 11.3 Å². The minimum absolute atomic E-state index is 0.637. The van der Waals surface area contributed by atoms with Crippen LogP contribution in [0.1, 0.15) is 0 Å². The first-order valence-corrected chi connectivity index (χ1v) is 19.7. The maximum absolute atomic E-state index is 5.41. The Kier molecular flexibility index (Phi) is 7.68. The lowest BCUT2D eigenvalue weighted by Crippen LogP contribution is -2.04. The Labute approximate surface area is 328 Å². The summed E-state index contributed by atoms with van der Waals surface area (Å²) in [5.74, 6) is 0.637. The number of para-hydroxylation sites is 2. The lowest BCUT2D eigenvalue weighted by Gasteiger charge is -2.14. The lowest BCUT2D eigenvalue weighted by atomic mass is 10.0. The molecule has 4 heteroatoms. The van der Waals surface area contributed by atoms with E-state index in [2.05, 4.69) is 205 Å². The monoisotopic (exact) mass is 731 g/mol. The van der Waals surface area contributed by atoms with Gasteiger partial charge in [0.15, 0.2) is 0 Å². The van der Waals surface area contributed by atoms with Crippen LogP contribution in [-0.2, 0) is 0 Å². The summed E-state index contributed by atoms with van der Waals surface area (Å²) < 4.78 is 4.86. The molecular formula is C52H33N3S. The Morgan fingerprint density at radius 1 is 0.339 bits per heavy atom. The van der Waals surface area contributed by atoms with Crippen LogP contribution in [0.5, 0.6) is 0 Å². The van der Waals surface area contributed by atoms with Crippen molar-refractivity contribution >= 4 is 53.3 Å². The van der Waals surface area contributed by atoms with Gasteiger partial charge in [-0.1, -0.05) is 176 Å². The van der Waals surface area contributed by atoms with E-state index in [4.69, 9.17) is 9.97 Å². The number of hydrogen-bond acceptors (Lipinski definition) is 3. The van der Waals surface area contributed by atoms with E-state index in [1.54, 1.807) is 0 Å². The maximum atomic E-state index is 5.41. The highest BCUT2D eigenvalue weighted by Crippen LogP contribution is 2.41. The van der Waals surface area contributed by atoms with Crippen molar-refractivity contribution in [3.63, 3.8) is 0 Å².